The van der Waals surface area contributed by atoms with Gasteiger partial charge in [-0.3, -0.25) is 5.32 Å². The normalized spacial score (nSPS) is 59.4. The van der Waals surface area contributed by atoms with Crippen LogP contribution in [0.1, 0.15) is 7.77 Å². The molecule has 3 atom stereocenters. The molecule has 1 aliphatic heterocycles. The summed E-state index contributed by atoms with van der Waals surface area (Å²) in [7, 11) is 0. The minimum absolute atomic E-state index is 0.227. The molecule has 2 aliphatic rings. The summed E-state index contributed by atoms with van der Waals surface area (Å²) in [5.74, 6) is -1.65. The summed E-state index contributed by atoms with van der Waals surface area (Å²) in [6.45, 7) is 1.49. The third-order valence-electron chi connectivity index (χ3n) is 1.81. The van der Waals surface area contributed by atoms with E-state index in [0.717, 1.165) is 0 Å². The zero-order valence-corrected chi connectivity index (χ0v) is 5.06. The first-order valence-electron chi connectivity index (χ1n) is 3.77. The Kier molecular flexibility index (Phi) is 0.860. The van der Waals surface area contributed by atoms with Gasteiger partial charge in [0.15, 0.2) is 5.79 Å². The van der Waals surface area contributed by atoms with Gasteiger partial charge in [0.25, 0.3) is 0 Å². The van der Waals surface area contributed by atoms with Gasteiger partial charge >= 0.3 is 0 Å². The predicted octanol–water partition coefficient (Wildman–Crippen LogP) is 0.292. The summed E-state index contributed by atoms with van der Waals surface area (Å²) < 4.78 is 25.5. The van der Waals surface area contributed by atoms with Crippen molar-refractivity contribution in [1.82, 2.24) is 5.32 Å². The molecule has 0 spiro atoms. The maximum atomic E-state index is 13.2. The first-order valence-corrected chi connectivity index (χ1v) is 3.19. The summed E-state index contributed by atoms with van der Waals surface area (Å²) in [4.78, 5) is 0. The van der Waals surface area contributed by atoms with E-state index in [1.54, 1.807) is 0 Å². The Hall–Kier alpha value is -0.150. The topological polar surface area (TPSA) is 21.3 Å². The molecule has 0 amide bonds. The molecule has 1 heterocycles. The van der Waals surface area contributed by atoms with Crippen LogP contribution >= 0.6 is 0 Å². The van der Waals surface area contributed by atoms with Gasteiger partial charge in [-0.2, -0.15) is 0 Å². The van der Waals surface area contributed by atoms with Crippen LogP contribution in [0, 0.1) is 5.92 Å². The molecule has 0 bridgehead atoms. The van der Waals surface area contributed by atoms with E-state index in [4.69, 9.17) is 6.11 Å². The molecule has 3 heteroatoms. The summed E-state index contributed by atoms with van der Waals surface area (Å²) in [6, 6.07) is 0. The Bertz CT molecular complexity index is 157. The lowest BCUT2D eigenvalue weighted by Crippen LogP contribution is -2.29. The van der Waals surface area contributed by atoms with Crippen molar-refractivity contribution in [2.24, 2.45) is 5.92 Å². The van der Waals surface area contributed by atoms with E-state index in [-0.39, 0.29) is 5.92 Å². The van der Waals surface area contributed by atoms with Gasteiger partial charge in [-0.15, -0.1) is 0 Å². The highest BCUT2D eigenvalue weighted by Crippen LogP contribution is 2.45. The minimum Gasteiger partial charge on any atom is -0.380 e. The lowest BCUT2D eigenvalue weighted by Gasteiger charge is -2.03. The lowest BCUT2D eigenvalue weighted by molar-refractivity contribution is 0.135. The van der Waals surface area contributed by atoms with Crippen molar-refractivity contribution >= 4 is 0 Å². The van der Waals surface area contributed by atoms with E-state index >= 15 is 0 Å². The third-order valence-corrected chi connectivity index (χ3v) is 1.81. The number of hydrogen-bond acceptors (Lipinski definition) is 2. The molecule has 1 saturated carbocycles. The van der Waals surface area contributed by atoms with Crippen LogP contribution < -0.4 is 5.32 Å². The number of rotatable bonds is 0. The zero-order valence-electron chi connectivity index (χ0n) is 6.06. The molecule has 3 unspecified atom stereocenters. The smallest absolute Gasteiger partial charge is 0.167 e. The molecule has 0 aromatic rings. The summed E-state index contributed by atoms with van der Waals surface area (Å²) in [5.41, 5.74) is 0. The van der Waals surface area contributed by atoms with Crippen LogP contribution in [0.15, 0.2) is 0 Å². The average Bonchev–Trinajstić information content (AvgIpc) is 2.48. The SMILES string of the molecule is [2H]C1C2COCCNC12F. The van der Waals surface area contributed by atoms with E-state index in [9.17, 15) is 4.39 Å². The molecule has 2 nitrogen and oxygen atoms in total. The molecule has 0 aromatic carbocycles. The third kappa shape index (κ3) is 0.843. The van der Waals surface area contributed by atoms with Crippen molar-refractivity contribution in [2.45, 2.75) is 12.2 Å². The number of hydrogen-bond donors (Lipinski definition) is 1. The average molecular weight is 132 g/mol. The quantitative estimate of drug-likeness (QED) is 0.478. The molecule has 1 saturated heterocycles. The van der Waals surface area contributed by atoms with E-state index in [1.165, 1.54) is 0 Å². The molecule has 0 radical (unpaired) electrons. The highest BCUT2D eigenvalue weighted by atomic mass is 19.1. The Morgan fingerprint density at radius 3 is 3.67 bits per heavy atom. The van der Waals surface area contributed by atoms with Crippen molar-refractivity contribution in [3.63, 3.8) is 0 Å². The van der Waals surface area contributed by atoms with Gasteiger partial charge in [-0.05, 0) is 0 Å². The van der Waals surface area contributed by atoms with Gasteiger partial charge in [-0.1, -0.05) is 0 Å². The number of fused-ring (bicyclic) bond motifs is 1. The monoisotopic (exact) mass is 132 g/mol. The second-order valence-corrected chi connectivity index (χ2v) is 2.54. The van der Waals surface area contributed by atoms with Crippen LogP contribution in [0.3, 0.4) is 0 Å². The molecule has 52 valence electrons. The van der Waals surface area contributed by atoms with Gasteiger partial charge in [0.05, 0.1) is 13.2 Å². The fourth-order valence-electron chi connectivity index (χ4n) is 1.13. The van der Waals surface area contributed by atoms with E-state index in [2.05, 4.69) is 5.32 Å². The number of alkyl halides is 1. The van der Waals surface area contributed by atoms with Gasteiger partial charge in [0.1, 0.15) is 0 Å². The van der Waals surface area contributed by atoms with E-state index in [0.29, 0.717) is 19.8 Å². The Labute approximate surface area is 54.8 Å². The molecule has 1 N–H and O–H groups in total. The highest BCUT2D eigenvalue weighted by molar-refractivity contribution is 5.02. The molecule has 2 fully saturated rings. The van der Waals surface area contributed by atoms with Crippen molar-refractivity contribution in [3.8, 4) is 0 Å². The maximum Gasteiger partial charge on any atom is 0.167 e. The van der Waals surface area contributed by atoms with Crippen molar-refractivity contribution in [2.75, 3.05) is 19.8 Å². The molecule has 9 heavy (non-hydrogen) atoms. The van der Waals surface area contributed by atoms with E-state index < -0.39 is 12.2 Å². The Balaban J connectivity index is 2.05. The fraction of sp³-hybridized carbons (Fsp3) is 1.00. The Morgan fingerprint density at radius 1 is 1.89 bits per heavy atom. The van der Waals surface area contributed by atoms with Crippen molar-refractivity contribution in [3.05, 3.63) is 0 Å². The number of ether oxygens (including phenoxy) is 1. The van der Waals surface area contributed by atoms with Crippen LogP contribution in [-0.2, 0) is 4.74 Å². The summed E-state index contributed by atoms with van der Waals surface area (Å²) in [5, 5.41) is 2.67. The lowest BCUT2D eigenvalue weighted by atomic mass is 10.4. The largest absolute Gasteiger partial charge is 0.380 e. The van der Waals surface area contributed by atoms with Crippen LogP contribution in [0.4, 0.5) is 4.39 Å². The number of nitrogens with one attached hydrogen (secondary N) is 1. The van der Waals surface area contributed by atoms with Crippen LogP contribution in [0.5, 0.6) is 0 Å². The van der Waals surface area contributed by atoms with Crippen molar-refractivity contribution < 1.29 is 10.5 Å². The predicted molar refractivity (Wildman–Crippen MR) is 30.8 cm³/mol. The van der Waals surface area contributed by atoms with Crippen LogP contribution in [-0.4, -0.2) is 25.6 Å². The van der Waals surface area contributed by atoms with Crippen LogP contribution in [0.25, 0.3) is 0 Å². The van der Waals surface area contributed by atoms with Gasteiger partial charge in [0.2, 0.25) is 0 Å². The standard InChI is InChI=1S/C6H10FNO/c7-6-3-5(6)4-9-2-1-8-6/h5,8H,1-4H2/i3D. The van der Waals surface area contributed by atoms with Crippen LogP contribution in [0.2, 0.25) is 0 Å². The second kappa shape index (κ2) is 1.67. The first kappa shape index (κ1) is 4.63. The maximum absolute atomic E-state index is 13.2. The molecule has 1 aliphatic carbocycles. The summed E-state index contributed by atoms with van der Waals surface area (Å²) in [6.07, 6.45) is -0.604. The number of halogens is 1. The molecular formula is C6H10FNO. The summed E-state index contributed by atoms with van der Waals surface area (Å²) >= 11 is 0. The minimum atomic E-state index is -1.42. The van der Waals surface area contributed by atoms with Gasteiger partial charge in [0, 0.05) is 20.2 Å². The molecular weight excluding hydrogens is 121 g/mol. The zero-order chi connectivity index (χ0) is 7.19. The first-order chi connectivity index (χ1) is 4.75. The second-order valence-electron chi connectivity index (χ2n) is 2.54. The van der Waals surface area contributed by atoms with E-state index in [1.807, 2.05) is 0 Å². The van der Waals surface area contributed by atoms with Gasteiger partial charge < -0.3 is 4.74 Å². The van der Waals surface area contributed by atoms with Gasteiger partial charge in [-0.25, -0.2) is 4.39 Å². The molecule has 2 rings (SSSR count). The molecule has 0 aromatic heterocycles. The Morgan fingerprint density at radius 2 is 2.78 bits per heavy atom. The van der Waals surface area contributed by atoms with Crippen molar-refractivity contribution in [1.29, 1.82) is 0 Å². The highest BCUT2D eigenvalue weighted by Gasteiger charge is 2.55. The fourth-order valence-corrected chi connectivity index (χ4v) is 1.13.